The van der Waals surface area contributed by atoms with Crippen LogP contribution in [0, 0.1) is 0 Å². The van der Waals surface area contributed by atoms with E-state index in [1.54, 1.807) is 13.3 Å². The van der Waals surface area contributed by atoms with Gasteiger partial charge in [0.15, 0.2) is 5.82 Å². The molecule has 0 spiro atoms. The Morgan fingerprint density at radius 3 is 2.48 bits per heavy atom. The molecule has 2 aromatic carbocycles. The largest absolute Gasteiger partial charge is 0.497 e. The van der Waals surface area contributed by atoms with E-state index >= 15 is 0 Å². The Balaban J connectivity index is 1.84. The average molecular weight is 371 g/mol. The summed E-state index contributed by atoms with van der Waals surface area (Å²) >= 11 is 0. The van der Waals surface area contributed by atoms with Crippen molar-refractivity contribution in [3.8, 4) is 17.3 Å². The molecule has 0 aliphatic rings. The van der Waals surface area contributed by atoms with Crippen LogP contribution in [0.1, 0.15) is 11.1 Å². The molecule has 138 valence electrons. The van der Waals surface area contributed by atoms with Gasteiger partial charge in [0.25, 0.3) is 0 Å². The number of ether oxygens (including phenoxy) is 1. The van der Waals surface area contributed by atoms with Gasteiger partial charge in [-0.25, -0.2) is 4.98 Å². The van der Waals surface area contributed by atoms with Gasteiger partial charge >= 0.3 is 6.18 Å². The van der Waals surface area contributed by atoms with E-state index in [0.717, 1.165) is 29.1 Å². The zero-order chi connectivity index (χ0) is 19.0. The summed E-state index contributed by atoms with van der Waals surface area (Å²) in [6.45, 7) is 0.472. The molecule has 2 heterocycles. The average Bonchev–Trinajstić information content (AvgIpc) is 3.29. The van der Waals surface area contributed by atoms with Crippen molar-refractivity contribution in [2.24, 2.45) is 0 Å². The molecule has 4 aromatic rings. The van der Waals surface area contributed by atoms with E-state index in [1.807, 2.05) is 41.0 Å². The van der Waals surface area contributed by atoms with Crippen molar-refractivity contribution >= 4 is 11.0 Å². The fourth-order valence-electron chi connectivity index (χ4n) is 3.05. The fraction of sp³-hybridized carbons (Fsp3) is 0.150. The summed E-state index contributed by atoms with van der Waals surface area (Å²) in [7, 11) is 1.60. The van der Waals surface area contributed by atoms with Crippen LogP contribution in [0.25, 0.3) is 22.6 Å². The Bertz CT molecular complexity index is 1060. The molecule has 2 aromatic heterocycles. The molecule has 0 bridgehead atoms. The van der Waals surface area contributed by atoms with Crippen molar-refractivity contribution in [1.29, 1.82) is 0 Å². The number of aromatic amines is 1. The van der Waals surface area contributed by atoms with Gasteiger partial charge in [0, 0.05) is 12.7 Å². The molecule has 0 saturated heterocycles. The maximum absolute atomic E-state index is 13.1. The number of halogens is 3. The van der Waals surface area contributed by atoms with Crippen LogP contribution in [0.5, 0.6) is 5.75 Å². The molecule has 4 rings (SSSR count). The van der Waals surface area contributed by atoms with E-state index in [-0.39, 0.29) is 0 Å². The van der Waals surface area contributed by atoms with Crippen molar-refractivity contribution < 1.29 is 17.9 Å². The number of nitrogens with one attached hydrogen (secondary N) is 1. The first-order valence-electron chi connectivity index (χ1n) is 8.30. The minimum atomic E-state index is -4.40. The number of methoxy groups -OCH3 is 1. The zero-order valence-electron chi connectivity index (χ0n) is 14.4. The molecule has 7 heteroatoms. The molecule has 0 fully saturated rings. The third-order valence-electron chi connectivity index (χ3n) is 4.41. The number of nitrogens with zero attached hydrogens (tertiary/aromatic N) is 2. The minimum Gasteiger partial charge on any atom is -0.497 e. The van der Waals surface area contributed by atoms with E-state index in [1.165, 1.54) is 6.07 Å². The summed E-state index contributed by atoms with van der Waals surface area (Å²) in [5.74, 6) is 1.33. The molecule has 0 aliphatic carbocycles. The first-order valence-corrected chi connectivity index (χ1v) is 8.30. The van der Waals surface area contributed by atoms with Crippen molar-refractivity contribution in [3.63, 3.8) is 0 Å². The van der Waals surface area contributed by atoms with Gasteiger partial charge in [-0.15, -0.1) is 0 Å². The van der Waals surface area contributed by atoms with Gasteiger partial charge in [0.1, 0.15) is 5.75 Å². The topological polar surface area (TPSA) is 42.8 Å². The monoisotopic (exact) mass is 371 g/mol. The number of imidazole rings is 1. The highest BCUT2D eigenvalue weighted by Crippen LogP contribution is 2.33. The van der Waals surface area contributed by atoms with E-state index in [2.05, 4.69) is 9.97 Å². The molecule has 27 heavy (non-hydrogen) atoms. The lowest BCUT2D eigenvalue weighted by Gasteiger charge is -2.10. The molecule has 0 amide bonds. The van der Waals surface area contributed by atoms with Crippen molar-refractivity contribution in [1.82, 2.24) is 14.5 Å². The lowest BCUT2D eigenvalue weighted by Crippen LogP contribution is -2.05. The molecule has 0 unspecified atom stereocenters. The first kappa shape index (κ1) is 17.2. The molecule has 0 atom stereocenters. The molecule has 4 nitrogen and oxygen atoms in total. The second-order valence-corrected chi connectivity index (χ2v) is 6.15. The van der Waals surface area contributed by atoms with Gasteiger partial charge in [-0.3, -0.25) is 0 Å². The quantitative estimate of drug-likeness (QED) is 0.542. The molecular formula is C20H16F3N3O. The molecule has 1 N–H and O–H groups in total. The maximum Gasteiger partial charge on any atom is 0.416 e. The Morgan fingerprint density at radius 2 is 1.85 bits per heavy atom. The second kappa shape index (κ2) is 6.50. The van der Waals surface area contributed by atoms with E-state index in [0.29, 0.717) is 23.4 Å². The molecule has 0 saturated carbocycles. The number of rotatable bonds is 4. The second-order valence-electron chi connectivity index (χ2n) is 6.15. The lowest BCUT2D eigenvalue weighted by atomic mass is 10.2. The maximum atomic E-state index is 13.1. The standard InChI is InChI=1S/C20H16F3N3O/c1-27-15-7-4-13(5-8-15)12-26-18-9-6-14(20(21,22)23)11-17(18)25-19(26)16-3-2-10-24-16/h2-11,24H,12H2,1H3. The number of alkyl halides is 3. The fourth-order valence-corrected chi connectivity index (χ4v) is 3.05. The predicted molar refractivity (Wildman–Crippen MR) is 96.6 cm³/mol. The van der Waals surface area contributed by atoms with Crippen molar-refractivity contribution in [2.75, 3.05) is 7.11 Å². The Kier molecular flexibility index (Phi) is 4.14. The van der Waals surface area contributed by atoms with Crippen LogP contribution in [-0.4, -0.2) is 21.6 Å². The highest BCUT2D eigenvalue weighted by molar-refractivity contribution is 5.81. The normalized spacial score (nSPS) is 11.9. The van der Waals surface area contributed by atoms with E-state index in [9.17, 15) is 13.2 Å². The molecule has 0 aliphatic heterocycles. The van der Waals surface area contributed by atoms with Crippen LogP contribution in [0.3, 0.4) is 0 Å². The van der Waals surface area contributed by atoms with Crippen molar-refractivity contribution in [2.45, 2.75) is 12.7 Å². The van der Waals surface area contributed by atoms with Gasteiger partial charge in [0.2, 0.25) is 0 Å². The number of hydrogen-bond acceptors (Lipinski definition) is 2. The van der Waals surface area contributed by atoms with Crippen LogP contribution >= 0.6 is 0 Å². The third kappa shape index (κ3) is 3.28. The number of benzene rings is 2. The minimum absolute atomic E-state index is 0.308. The Hall–Kier alpha value is -3.22. The van der Waals surface area contributed by atoms with Gasteiger partial charge in [0.05, 0.1) is 29.4 Å². The summed E-state index contributed by atoms with van der Waals surface area (Å²) < 4.78 is 46.3. The number of fused-ring (bicyclic) bond motifs is 1. The Labute approximate surface area is 153 Å². The van der Waals surface area contributed by atoms with Crippen LogP contribution < -0.4 is 4.74 Å². The van der Waals surface area contributed by atoms with Gasteiger partial charge in [-0.05, 0) is 48.0 Å². The van der Waals surface area contributed by atoms with E-state index < -0.39 is 11.7 Å². The first-order chi connectivity index (χ1) is 13.0. The SMILES string of the molecule is COc1ccc(Cn2c(-c3ccc[nH]3)nc3cc(C(F)(F)F)ccc32)cc1. The lowest BCUT2D eigenvalue weighted by molar-refractivity contribution is -0.137. The van der Waals surface area contributed by atoms with Gasteiger partial charge < -0.3 is 14.3 Å². The predicted octanol–water partition coefficient (Wildman–Crippen LogP) is 5.11. The molecular weight excluding hydrogens is 355 g/mol. The summed E-state index contributed by atoms with van der Waals surface area (Å²) in [5.41, 5.74) is 1.98. The van der Waals surface area contributed by atoms with Crippen LogP contribution in [-0.2, 0) is 12.7 Å². The van der Waals surface area contributed by atoms with E-state index in [4.69, 9.17) is 4.74 Å². The highest BCUT2D eigenvalue weighted by Gasteiger charge is 2.31. The number of hydrogen-bond donors (Lipinski definition) is 1. The third-order valence-corrected chi connectivity index (χ3v) is 4.41. The highest BCUT2D eigenvalue weighted by atomic mass is 19.4. The smallest absolute Gasteiger partial charge is 0.416 e. The summed E-state index contributed by atoms with van der Waals surface area (Å²) in [6, 6.07) is 14.9. The van der Waals surface area contributed by atoms with Crippen molar-refractivity contribution in [3.05, 3.63) is 71.9 Å². The van der Waals surface area contributed by atoms with Gasteiger partial charge in [-0.2, -0.15) is 13.2 Å². The zero-order valence-corrected chi connectivity index (χ0v) is 14.4. The van der Waals surface area contributed by atoms with Gasteiger partial charge in [-0.1, -0.05) is 12.1 Å². The van der Waals surface area contributed by atoms with Crippen LogP contribution in [0.4, 0.5) is 13.2 Å². The summed E-state index contributed by atoms with van der Waals surface area (Å²) in [4.78, 5) is 7.54. The molecule has 0 radical (unpaired) electrons. The summed E-state index contributed by atoms with van der Waals surface area (Å²) in [6.07, 6.45) is -2.64. The van der Waals surface area contributed by atoms with Crippen LogP contribution in [0.2, 0.25) is 0 Å². The van der Waals surface area contributed by atoms with Crippen LogP contribution in [0.15, 0.2) is 60.8 Å². The number of H-pyrrole nitrogens is 1. The summed E-state index contributed by atoms with van der Waals surface area (Å²) in [5, 5.41) is 0. The Morgan fingerprint density at radius 1 is 1.07 bits per heavy atom. The number of aromatic nitrogens is 3.